The predicted molar refractivity (Wildman–Crippen MR) is 62.0 cm³/mol. The lowest BCUT2D eigenvalue weighted by molar-refractivity contribution is -0.0819. The van der Waals surface area contributed by atoms with Crippen molar-refractivity contribution in [2.24, 2.45) is 0 Å². The number of fused-ring (bicyclic) bond motifs is 1. The van der Waals surface area contributed by atoms with Gasteiger partial charge in [-0.05, 0) is 6.07 Å². The molecule has 2 aromatic heterocycles. The zero-order valence-corrected chi connectivity index (χ0v) is 9.37. The number of hydrogen-bond donors (Lipinski definition) is 1. The summed E-state index contributed by atoms with van der Waals surface area (Å²) in [6, 6.07) is 1.92. The standard InChI is InChI=1S/C11H14N4O2/c1-2-14-15-4-3-12-11(10(1)15)13-7-9-8-16-5-6-17-9/h1-4,9H,5-8H2,(H,12,13). The van der Waals surface area contributed by atoms with Crippen LogP contribution in [0.3, 0.4) is 0 Å². The first kappa shape index (κ1) is 10.5. The Labute approximate surface area is 98.6 Å². The van der Waals surface area contributed by atoms with Gasteiger partial charge in [0.2, 0.25) is 0 Å². The Morgan fingerprint density at radius 3 is 3.29 bits per heavy atom. The molecule has 1 unspecified atom stereocenters. The van der Waals surface area contributed by atoms with E-state index in [9.17, 15) is 0 Å². The highest BCUT2D eigenvalue weighted by Gasteiger charge is 2.14. The summed E-state index contributed by atoms with van der Waals surface area (Å²) in [7, 11) is 0. The number of nitrogens with zero attached hydrogens (tertiary/aromatic N) is 3. The Bertz CT molecular complexity index is 493. The topological polar surface area (TPSA) is 60.7 Å². The lowest BCUT2D eigenvalue weighted by atomic mass is 10.3. The van der Waals surface area contributed by atoms with Crippen molar-refractivity contribution < 1.29 is 9.47 Å². The van der Waals surface area contributed by atoms with Crippen LogP contribution in [0.4, 0.5) is 5.82 Å². The number of anilines is 1. The first-order valence-electron chi connectivity index (χ1n) is 5.65. The molecule has 3 heterocycles. The quantitative estimate of drug-likeness (QED) is 0.840. The van der Waals surface area contributed by atoms with Gasteiger partial charge in [0.25, 0.3) is 0 Å². The molecule has 6 heteroatoms. The molecule has 1 N–H and O–H groups in total. The van der Waals surface area contributed by atoms with E-state index < -0.39 is 0 Å². The molecule has 2 aromatic rings. The fourth-order valence-corrected chi connectivity index (χ4v) is 1.86. The van der Waals surface area contributed by atoms with E-state index in [-0.39, 0.29) is 6.10 Å². The van der Waals surface area contributed by atoms with Gasteiger partial charge in [-0.1, -0.05) is 0 Å². The minimum atomic E-state index is 0.0914. The second kappa shape index (κ2) is 4.68. The van der Waals surface area contributed by atoms with Crippen molar-refractivity contribution in [3.63, 3.8) is 0 Å². The maximum Gasteiger partial charge on any atom is 0.152 e. The van der Waals surface area contributed by atoms with E-state index in [2.05, 4.69) is 15.4 Å². The molecule has 1 aliphatic rings. The highest BCUT2D eigenvalue weighted by Crippen LogP contribution is 2.12. The van der Waals surface area contributed by atoms with E-state index in [0.29, 0.717) is 26.4 Å². The third-order valence-electron chi connectivity index (χ3n) is 2.71. The minimum Gasteiger partial charge on any atom is -0.376 e. The first-order valence-corrected chi connectivity index (χ1v) is 5.65. The molecule has 6 nitrogen and oxygen atoms in total. The van der Waals surface area contributed by atoms with Crippen molar-refractivity contribution in [2.75, 3.05) is 31.7 Å². The van der Waals surface area contributed by atoms with Gasteiger partial charge in [-0.3, -0.25) is 0 Å². The van der Waals surface area contributed by atoms with E-state index >= 15 is 0 Å². The first-order chi connectivity index (χ1) is 8.43. The Morgan fingerprint density at radius 2 is 2.41 bits per heavy atom. The number of nitrogens with one attached hydrogen (secondary N) is 1. The van der Waals surface area contributed by atoms with Crippen molar-refractivity contribution in [1.82, 2.24) is 14.6 Å². The van der Waals surface area contributed by atoms with Gasteiger partial charge in [0, 0.05) is 18.9 Å². The summed E-state index contributed by atoms with van der Waals surface area (Å²) in [6.07, 6.45) is 5.39. The summed E-state index contributed by atoms with van der Waals surface area (Å²) in [5.74, 6) is 0.819. The largest absolute Gasteiger partial charge is 0.376 e. The van der Waals surface area contributed by atoms with Crippen LogP contribution in [0.25, 0.3) is 5.52 Å². The van der Waals surface area contributed by atoms with Crippen LogP contribution in [0.1, 0.15) is 0 Å². The number of ether oxygens (including phenoxy) is 2. The minimum absolute atomic E-state index is 0.0914. The molecule has 0 bridgehead atoms. The van der Waals surface area contributed by atoms with E-state index in [0.717, 1.165) is 11.3 Å². The van der Waals surface area contributed by atoms with Crippen LogP contribution in [-0.2, 0) is 9.47 Å². The highest BCUT2D eigenvalue weighted by molar-refractivity contribution is 5.66. The lowest BCUT2D eigenvalue weighted by Crippen LogP contribution is -2.34. The average Bonchev–Trinajstić information content (AvgIpc) is 2.86. The molecular formula is C11H14N4O2. The van der Waals surface area contributed by atoms with Gasteiger partial charge < -0.3 is 14.8 Å². The number of aromatic nitrogens is 3. The summed E-state index contributed by atoms with van der Waals surface area (Å²) < 4.78 is 12.7. The fourth-order valence-electron chi connectivity index (χ4n) is 1.86. The van der Waals surface area contributed by atoms with Crippen molar-refractivity contribution >= 4 is 11.3 Å². The molecule has 0 amide bonds. The zero-order valence-electron chi connectivity index (χ0n) is 9.37. The SMILES string of the molecule is c1cn2nccc2c(NCC2COCCO2)n1. The maximum absolute atomic E-state index is 5.56. The third-order valence-corrected chi connectivity index (χ3v) is 2.71. The maximum atomic E-state index is 5.56. The van der Waals surface area contributed by atoms with Crippen molar-refractivity contribution in [1.29, 1.82) is 0 Å². The molecule has 1 atom stereocenters. The summed E-state index contributed by atoms with van der Waals surface area (Å²) in [5, 5.41) is 7.42. The van der Waals surface area contributed by atoms with Gasteiger partial charge in [0.05, 0.1) is 32.1 Å². The Balaban J connectivity index is 1.69. The van der Waals surface area contributed by atoms with Gasteiger partial charge in [0.15, 0.2) is 5.82 Å². The normalized spacial score (nSPS) is 20.6. The monoisotopic (exact) mass is 234 g/mol. The van der Waals surface area contributed by atoms with E-state index in [1.54, 1.807) is 16.9 Å². The molecule has 17 heavy (non-hydrogen) atoms. The molecule has 1 aliphatic heterocycles. The van der Waals surface area contributed by atoms with Crippen molar-refractivity contribution in [3.05, 3.63) is 24.7 Å². The third kappa shape index (κ3) is 2.22. The van der Waals surface area contributed by atoms with Crippen LogP contribution in [0.5, 0.6) is 0 Å². The van der Waals surface area contributed by atoms with Gasteiger partial charge in [0.1, 0.15) is 5.52 Å². The van der Waals surface area contributed by atoms with Crippen molar-refractivity contribution in [3.8, 4) is 0 Å². The van der Waals surface area contributed by atoms with E-state index in [1.165, 1.54) is 0 Å². The molecule has 0 radical (unpaired) electrons. The molecule has 90 valence electrons. The molecule has 0 aliphatic carbocycles. The Hall–Kier alpha value is -1.66. The molecule has 0 aromatic carbocycles. The molecule has 0 saturated carbocycles. The lowest BCUT2D eigenvalue weighted by Gasteiger charge is -2.23. The molecular weight excluding hydrogens is 220 g/mol. The smallest absolute Gasteiger partial charge is 0.152 e. The summed E-state index contributed by atoms with van der Waals surface area (Å²) in [6.45, 7) is 2.68. The van der Waals surface area contributed by atoms with Crippen LogP contribution in [0, 0.1) is 0 Å². The van der Waals surface area contributed by atoms with E-state index in [1.807, 2.05) is 12.3 Å². The van der Waals surface area contributed by atoms with Crippen LogP contribution >= 0.6 is 0 Å². The second-order valence-corrected chi connectivity index (χ2v) is 3.89. The van der Waals surface area contributed by atoms with E-state index in [4.69, 9.17) is 9.47 Å². The number of rotatable bonds is 3. The van der Waals surface area contributed by atoms with Crippen LogP contribution in [-0.4, -0.2) is 47.1 Å². The molecule has 1 saturated heterocycles. The van der Waals surface area contributed by atoms with Gasteiger partial charge >= 0.3 is 0 Å². The van der Waals surface area contributed by atoms with Crippen molar-refractivity contribution in [2.45, 2.75) is 6.10 Å². The van der Waals surface area contributed by atoms with Gasteiger partial charge in [-0.25, -0.2) is 9.50 Å². The Kier molecular flexibility index (Phi) is 2.89. The number of hydrogen-bond acceptors (Lipinski definition) is 5. The second-order valence-electron chi connectivity index (χ2n) is 3.89. The fraction of sp³-hybridized carbons (Fsp3) is 0.455. The van der Waals surface area contributed by atoms with Crippen LogP contribution in [0.15, 0.2) is 24.7 Å². The molecule has 3 rings (SSSR count). The summed E-state index contributed by atoms with van der Waals surface area (Å²) in [4.78, 5) is 4.30. The van der Waals surface area contributed by atoms with Crippen LogP contribution < -0.4 is 5.32 Å². The van der Waals surface area contributed by atoms with Gasteiger partial charge in [-0.15, -0.1) is 0 Å². The average molecular weight is 234 g/mol. The predicted octanol–water partition coefficient (Wildman–Crippen LogP) is 0.557. The highest BCUT2D eigenvalue weighted by atomic mass is 16.6. The summed E-state index contributed by atoms with van der Waals surface area (Å²) in [5.41, 5.74) is 0.962. The molecule has 1 fully saturated rings. The molecule has 0 spiro atoms. The Morgan fingerprint density at radius 1 is 1.41 bits per heavy atom. The van der Waals surface area contributed by atoms with Crippen LogP contribution in [0.2, 0.25) is 0 Å². The summed E-state index contributed by atoms with van der Waals surface area (Å²) >= 11 is 0. The van der Waals surface area contributed by atoms with Gasteiger partial charge in [-0.2, -0.15) is 5.10 Å². The zero-order chi connectivity index (χ0) is 11.5.